The van der Waals surface area contributed by atoms with Gasteiger partial charge in [-0.2, -0.15) is 5.10 Å². The van der Waals surface area contributed by atoms with Crippen molar-refractivity contribution in [2.24, 2.45) is 0 Å². The van der Waals surface area contributed by atoms with Crippen molar-refractivity contribution in [3.8, 4) is 5.69 Å². The Hall–Kier alpha value is -2.76. The zero-order chi connectivity index (χ0) is 20.1. The number of allylic oxidation sites excluding steroid dienone is 3. The van der Waals surface area contributed by atoms with E-state index < -0.39 is 11.6 Å². The van der Waals surface area contributed by atoms with Crippen molar-refractivity contribution in [3.05, 3.63) is 70.6 Å². The first kappa shape index (κ1) is 18.3. The number of amides is 1. The van der Waals surface area contributed by atoms with Crippen LogP contribution in [0.2, 0.25) is 0 Å². The van der Waals surface area contributed by atoms with Crippen LogP contribution >= 0.6 is 0 Å². The zero-order valence-corrected chi connectivity index (χ0v) is 16.3. The highest BCUT2D eigenvalue weighted by atomic mass is 19.1. The molecule has 0 saturated heterocycles. The van der Waals surface area contributed by atoms with Gasteiger partial charge in [0, 0.05) is 23.6 Å². The molecule has 29 heavy (non-hydrogen) atoms. The fourth-order valence-electron chi connectivity index (χ4n) is 5.07. The Morgan fingerprint density at radius 1 is 1.28 bits per heavy atom. The van der Waals surface area contributed by atoms with Gasteiger partial charge in [0.1, 0.15) is 11.5 Å². The van der Waals surface area contributed by atoms with Gasteiger partial charge in [0.15, 0.2) is 11.5 Å². The largest absolute Gasteiger partial charge is 0.344 e. The van der Waals surface area contributed by atoms with Crippen molar-refractivity contribution in [1.82, 2.24) is 15.1 Å². The van der Waals surface area contributed by atoms with Gasteiger partial charge in [-0.25, -0.2) is 13.5 Å². The lowest BCUT2D eigenvalue weighted by Gasteiger charge is -2.19. The Balaban J connectivity index is 1.52. The predicted molar refractivity (Wildman–Crippen MR) is 106 cm³/mol. The first-order valence-electron chi connectivity index (χ1n) is 10.3. The highest BCUT2D eigenvalue weighted by molar-refractivity contribution is 5.95. The molecule has 1 aromatic carbocycles. The van der Waals surface area contributed by atoms with Crippen LogP contribution in [-0.4, -0.2) is 21.7 Å². The van der Waals surface area contributed by atoms with E-state index in [1.165, 1.54) is 22.4 Å². The van der Waals surface area contributed by atoms with E-state index in [1.54, 1.807) is 0 Å². The summed E-state index contributed by atoms with van der Waals surface area (Å²) in [6.45, 7) is 1.98. The van der Waals surface area contributed by atoms with E-state index in [9.17, 15) is 13.6 Å². The highest BCUT2D eigenvalue weighted by Gasteiger charge is 2.44. The first-order valence-corrected chi connectivity index (χ1v) is 10.3. The molecule has 1 fully saturated rings. The number of benzene rings is 1. The zero-order valence-electron chi connectivity index (χ0n) is 16.3. The molecule has 0 radical (unpaired) electrons. The van der Waals surface area contributed by atoms with Crippen LogP contribution in [0.5, 0.6) is 0 Å². The van der Waals surface area contributed by atoms with Crippen molar-refractivity contribution in [2.45, 2.75) is 56.9 Å². The number of hydrogen-bond donors (Lipinski definition) is 1. The van der Waals surface area contributed by atoms with Crippen molar-refractivity contribution < 1.29 is 13.6 Å². The van der Waals surface area contributed by atoms with Gasteiger partial charge >= 0.3 is 0 Å². The molecular weight excluding hydrogens is 372 g/mol. The Morgan fingerprint density at radius 3 is 2.86 bits per heavy atom. The minimum Gasteiger partial charge on any atom is -0.344 e. The van der Waals surface area contributed by atoms with Gasteiger partial charge in [-0.3, -0.25) is 4.79 Å². The monoisotopic (exact) mass is 395 g/mol. The molecule has 150 valence electrons. The predicted octanol–water partition coefficient (Wildman–Crippen LogP) is 4.91. The number of carbonyl (C=O) groups is 1. The standard InChI is InChI=1S/C23H23F2N3O/c1-13(14-5-3-2-4-6-14)26-23(29)21-20-15-7-8-16(11-15)22(20)28(27-21)19-10-9-17(24)12-18(19)25/h2-3,5,9-10,12-13,15-16H,4,6-8,11H2,1H3,(H,26,29)/t13-,15?,16?/m0/s1. The fraction of sp³-hybridized carbons (Fsp3) is 0.391. The third-order valence-electron chi connectivity index (χ3n) is 6.49. The van der Waals surface area contributed by atoms with Crippen LogP contribution < -0.4 is 5.32 Å². The van der Waals surface area contributed by atoms with E-state index in [1.807, 2.05) is 19.1 Å². The third kappa shape index (κ3) is 3.02. The third-order valence-corrected chi connectivity index (χ3v) is 6.49. The number of hydrogen-bond acceptors (Lipinski definition) is 2. The Kier molecular flexibility index (Phi) is 4.37. The molecule has 1 heterocycles. The summed E-state index contributed by atoms with van der Waals surface area (Å²) in [6.07, 6.45) is 11.1. The van der Waals surface area contributed by atoms with Crippen molar-refractivity contribution in [2.75, 3.05) is 0 Å². The summed E-state index contributed by atoms with van der Waals surface area (Å²) in [4.78, 5) is 13.1. The second kappa shape index (κ2) is 6.94. The molecule has 0 spiro atoms. The lowest BCUT2D eigenvalue weighted by molar-refractivity contribution is 0.0938. The number of aromatic nitrogens is 2. The molecule has 6 heteroatoms. The van der Waals surface area contributed by atoms with Crippen molar-refractivity contribution in [1.29, 1.82) is 0 Å². The van der Waals surface area contributed by atoms with Crippen LogP contribution in [0.25, 0.3) is 5.69 Å². The molecule has 3 atom stereocenters. The topological polar surface area (TPSA) is 46.9 Å². The maximum Gasteiger partial charge on any atom is 0.272 e. The molecule has 2 bridgehead atoms. The minimum absolute atomic E-state index is 0.0885. The summed E-state index contributed by atoms with van der Waals surface area (Å²) in [5.41, 5.74) is 3.64. The molecule has 1 amide bonds. The quantitative estimate of drug-likeness (QED) is 0.800. The second-order valence-corrected chi connectivity index (χ2v) is 8.27. The number of halogens is 2. The number of nitrogens with zero attached hydrogens (tertiary/aromatic N) is 2. The molecular formula is C23H23F2N3O. The van der Waals surface area contributed by atoms with Gasteiger partial charge in [-0.1, -0.05) is 18.2 Å². The lowest BCUT2D eigenvalue weighted by atomic mass is 9.94. The normalized spacial score (nSPS) is 23.1. The van der Waals surface area contributed by atoms with Crippen LogP contribution in [0.15, 0.2) is 42.0 Å². The molecule has 3 aliphatic rings. The molecule has 5 rings (SSSR count). The molecule has 2 aromatic rings. The van der Waals surface area contributed by atoms with E-state index >= 15 is 0 Å². The van der Waals surface area contributed by atoms with E-state index in [-0.39, 0.29) is 23.6 Å². The summed E-state index contributed by atoms with van der Waals surface area (Å²) in [7, 11) is 0. The van der Waals surface area contributed by atoms with Crippen molar-refractivity contribution >= 4 is 5.91 Å². The smallest absolute Gasteiger partial charge is 0.272 e. The van der Waals surface area contributed by atoms with Crippen molar-refractivity contribution in [3.63, 3.8) is 0 Å². The van der Waals surface area contributed by atoms with Gasteiger partial charge in [-0.15, -0.1) is 0 Å². The molecule has 1 saturated carbocycles. The Bertz CT molecular complexity index is 1050. The second-order valence-electron chi connectivity index (χ2n) is 8.27. The molecule has 0 aliphatic heterocycles. The minimum atomic E-state index is -0.669. The molecule has 1 aromatic heterocycles. The summed E-state index contributed by atoms with van der Waals surface area (Å²) in [5.74, 6) is -0.953. The van der Waals surface area contributed by atoms with Crippen LogP contribution in [0.3, 0.4) is 0 Å². The Labute approximate surface area is 168 Å². The lowest BCUT2D eigenvalue weighted by Crippen LogP contribution is -2.35. The Morgan fingerprint density at radius 2 is 2.10 bits per heavy atom. The average Bonchev–Trinajstić information content (AvgIpc) is 3.41. The van der Waals surface area contributed by atoms with E-state index in [0.29, 0.717) is 11.6 Å². The fourth-order valence-corrected chi connectivity index (χ4v) is 5.07. The van der Waals surface area contributed by atoms with E-state index in [0.717, 1.165) is 49.4 Å². The van der Waals surface area contributed by atoms with Crippen LogP contribution in [0.1, 0.15) is 72.6 Å². The SMILES string of the molecule is C[C@H](NC(=O)c1nn(-c2ccc(F)cc2F)c2c1C1CCC2C1)C1=CC=CCC1. The molecule has 3 aliphatic carbocycles. The number of nitrogens with one attached hydrogen (secondary N) is 1. The van der Waals surface area contributed by atoms with E-state index in [2.05, 4.69) is 16.5 Å². The maximum absolute atomic E-state index is 14.5. The van der Waals surface area contributed by atoms with Gasteiger partial charge in [-0.05, 0) is 62.7 Å². The highest BCUT2D eigenvalue weighted by Crippen LogP contribution is 2.54. The average molecular weight is 395 g/mol. The molecule has 1 N–H and O–H groups in total. The summed E-state index contributed by atoms with van der Waals surface area (Å²) in [5, 5.41) is 7.61. The summed E-state index contributed by atoms with van der Waals surface area (Å²) < 4.78 is 29.4. The van der Waals surface area contributed by atoms with Gasteiger partial charge in [0.25, 0.3) is 5.91 Å². The molecule has 2 unspecified atom stereocenters. The van der Waals surface area contributed by atoms with Crippen LogP contribution in [0, 0.1) is 11.6 Å². The number of rotatable bonds is 4. The first-order chi connectivity index (χ1) is 14.0. The molecule has 4 nitrogen and oxygen atoms in total. The summed E-state index contributed by atoms with van der Waals surface area (Å²) in [6, 6.07) is 3.40. The maximum atomic E-state index is 14.5. The van der Waals surface area contributed by atoms with Gasteiger partial charge < -0.3 is 5.32 Å². The van der Waals surface area contributed by atoms with Crippen LogP contribution in [0.4, 0.5) is 8.78 Å². The number of carbonyl (C=O) groups excluding carboxylic acids is 1. The van der Waals surface area contributed by atoms with Gasteiger partial charge in [0.05, 0.1) is 5.69 Å². The van der Waals surface area contributed by atoms with Gasteiger partial charge in [0.2, 0.25) is 0 Å². The number of fused-ring (bicyclic) bond motifs is 5. The van der Waals surface area contributed by atoms with Crippen LogP contribution in [-0.2, 0) is 0 Å². The van der Waals surface area contributed by atoms with E-state index in [4.69, 9.17) is 0 Å². The summed E-state index contributed by atoms with van der Waals surface area (Å²) >= 11 is 0.